The minimum atomic E-state index is -1.16. The fraction of sp³-hybridized carbons (Fsp3) is 0.375. The third-order valence-corrected chi connectivity index (χ3v) is 3.41. The first-order valence-corrected chi connectivity index (χ1v) is 6.86. The van der Waals surface area contributed by atoms with E-state index in [2.05, 4.69) is 6.58 Å². The van der Waals surface area contributed by atoms with Crippen molar-refractivity contribution in [1.82, 2.24) is 0 Å². The van der Waals surface area contributed by atoms with Gasteiger partial charge in [0, 0.05) is 18.1 Å². The molecule has 0 saturated carbocycles. The minimum absolute atomic E-state index is 0.0736. The third kappa shape index (κ3) is 4.64. The van der Waals surface area contributed by atoms with E-state index < -0.39 is 28.7 Å². The van der Waals surface area contributed by atoms with Crippen molar-refractivity contribution in [3.63, 3.8) is 0 Å². The van der Waals surface area contributed by atoms with Crippen LogP contribution in [0.25, 0.3) is 0 Å². The Morgan fingerprint density at radius 1 is 1.17 bits per heavy atom. The Kier molecular flexibility index (Phi) is 6.44. The number of nitro groups is 1. The Labute approximate surface area is 134 Å². The molecule has 1 unspecified atom stereocenters. The van der Waals surface area contributed by atoms with E-state index in [1.807, 2.05) is 0 Å². The van der Waals surface area contributed by atoms with Gasteiger partial charge in [-0.05, 0) is 18.9 Å². The van der Waals surface area contributed by atoms with Crippen molar-refractivity contribution in [2.75, 3.05) is 14.2 Å². The number of hydrogen-bond acceptors (Lipinski definition) is 6. The summed E-state index contributed by atoms with van der Waals surface area (Å²) in [4.78, 5) is 34.3. The normalized spacial score (nSPS) is 11.7. The highest BCUT2D eigenvalue weighted by Gasteiger charge is 2.37. The fourth-order valence-electron chi connectivity index (χ4n) is 2.33. The molecule has 124 valence electrons. The van der Waals surface area contributed by atoms with Crippen molar-refractivity contribution in [3.8, 4) is 0 Å². The average molecular weight is 321 g/mol. The summed E-state index contributed by atoms with van der Waals surface area (Å²) in [6.45, 7) is 5.57. The van der Waals surface area contributed by atoms with Crippen LogP contribution in [0.15, 0.2) is 36.4 Å². The van der Waals surface area contributed by atoms with Gasteiger partial charge >= 0.3 is 11.9 Å². The topological polar surface area (TPSA) is 95.7 Å². The molecule has 0 heterocycles. The molecular weight excluding hydrogens is 302 g/mol. The zero-order valence-corrected chi connectivity index (χ0v) is 13.3. The van der Waals surface area contributed by atoms with Gasteiger partial charge in [-0.15, -0.1) is 6.58 Å². The van der Waals surface area contributed by atoms with Crippen LogP contribution in [-0.4, -0.2) is 31.1 Å². The molecule has 1 aromatic rings. The zero-order chi connectivity index (χ0) is 17.6. The Morgan fingerprint density at radius 2 is 1.65 bits per heavy atom. The number of methoxy groups -OCH3 is 2. The number of hydrogen-bond donors (Lipinski definition) is 0. The molecule has 7 heteroatoms. The second-order valence-corrected chi connectivity index (χ2v) is 5.14. The number of carbonyl (C=O) groups excluding carboxylic acids is 2. The van der Waals surface area contributed by atoms with E-state index in [0.717, 1.165) is 5.57 Å². The lowest BCUT2D eigenvalue weighted by molar-refractivity contribution is -0.384. The molecule has 0 aliphatic rings. The minimum Gasteiger partial charge on any atom is -0.468 e. The zero-order valence-electron chi connectivity index (χ0n) is 13.3. The lowest BCUT2D eigenvalue weighted by Gasteiger charge is -2.24. The smallest absolute Gasteiger partial charge is 0.320 e. The molecule has 1 atom stereocenters. The van der Waals surface area contributed by atoms with Crippen molar-refractivity contribution in [3.05, 3.63) is 52.1 Å². The van der Waals surface area contributed by atoms with Gasteiger partial charge < -0.3 is 9.47 Å². The highest BCUT2D eigenvalue weighted by atomic mass is 16.6. The molecule has 0 saturated heterocycles. The average Bonchev–Trinajstić information content (AvgIpc) is 2.53. The maximum Gasteiger partial charge on any atom is 0.320 e. The third-order valence-electron chi connectivity index (χ3n) is 3.41. The Bertz CT molecular complexity index is 592. The standard InChI is InChI=1S/C16H19NO6/c1-10(2)9-13(14(15(18)22-3)16(19)23-4)11-5-7-12(8-6-11)17(20)21/h5-8,13-14H,1,9H2,2-4H3. The van der Waals surface area contributed by atoms with Gasteiger partial charge in [0.1, 0.15) is 0 Å². The van der Waals surface area contributed by atoms with Crippen LogP contribution in [0.3, 0.4) is 0 Å². The number of carbonyl (C=O) groups is 2. The van der Waals surface area contributed by atoms with Crippen LogP contribution in [0, 0.1) is 16.0 Å². The summed E-state index contributed by atoms with van der Waals surface area (Å²) in [5, 5.41) is 10.7. The monoisotopic (exact) mass is 321 g/mol. The molecule has 0 aliphatic heterocycles. The van der Waals surface area contributed by atoms with E-state index in [0.29, 0.717) is 12.0 Å². The van der Waals surface area contributed by atoms with Crippen LogP contribution in [-0.2, 0) is 19.1 Å². The van der Waals surface area contributed by atoms with Gasteiger partial charge in [0.15, 0.2) is 5.92 Å². The summed E-state index contributed by atoms with van der Waals surface area (Å²) < 4.78 is 9.41. The van der Waals surface area contributed by atoms with Gasteiger partial charge in [-0.2, -0.15) is 0 Å². The number of nitrogens with zero attached hydrogens (tertiary/aromatic N) is 1. The molecule has 0 aromatic heterocycles. The summed E-state index contributed by atoms with van der Waals surface area (Å²) in [5.74, 6) is -3.18. The Balaban J connectivity index is 3.29. The number of esters is 2. The molecule has 0 fully saturated rings. The number of nitro benzene ring substituents is 1. The molecule has 0 spiro atoms. The first-order chi connectivity index (χ1) is 10.8. The van der Waals surface area contributed by atoms with Crippen molar-refractivity contribution in [2.45, 2.75) is 19.3 Å². The van der Waals surface area contributed by atoms with Crippen LogP contribution in [0.1, 0.15) is 24.8 Å². The van der Waals surface area contributed by atoms with E-state index in [9.17, 15) is 19.7 Å². The second kappa shape index (κ2) is 8.07. The fourth-order valence-corrected chi connectivity index (χ4v) is 2.33. The van der Waals surface area contributed by atoms with Crippen LogP contribution in [0.4, 0.5) is 5.69 Å². The van der Waals surface area contributed by atoms with Crippen LogP contribution < -0.4 is 0 Å². The number of rotatable bonds is 7. The molecule has 0 N–H and O–H groups in total. The second-order valence-electron chi connectivity index (χ2n) is 5.14. The van der Waals surface area contributed by atoms with Crippen LogP contribution in [0.5, 0.6) is 0 Å². The van der Waals surface area contributed by atoms with Gasteiger partial charge in [-0.1, -0.05) is 17.7 Å². The van der Waals surface area contributed by atoms with E-state index in [-0.39, 0.29) is 5.69 Å². The summed E-state index contributed by atoms with van der Waals surface area (Å²) >= 11 is 0. The summed E-state index contributed by atoms with van der Waals surface area (Å²) in [5.41, 5.74) is 1.28. The van der Waals surface area contributed by atoms with Crippen LogP contribution >= 0.6 is 0 Å². The van der Waals surface area contributed by atoms with Crippen LogP contribution in [0.2, 0.25) is 0 Å². The number of allylic oxidation sites excluding steroid dienone is 1. The van der Waals surface area contributed by atoms with Gasteiger partial charge in [0.05, 0.1) is 19.1 Å². The van der Waals surface area contributed by atoms with Crippen molar-refractivity contribution >= 4 is 17.6 Å². The number of benzene rings is 1. The lowest BCUT2D eigenvalue weighted by atomic mass is 9.81. The van der Waals surface area contributed by atoms with Gasteiger partial charge in [-0.25, -0.2) is 0 Å². The molecular formula is C16H19NO6. The van der Waals surface area contributed by atoms with E-state index in [1.165, 1.54) is 38.5 Å². The van der Waals surface area contributed by atoms with Gasteiger partial charge in [-0.3, -0.25) is 19.7 Å². The molecule has 0 amide bonds. The van der Waals surface area contributed by atoms with E-state index in [4.69, 9.17) is 9.47 Å². The van der Waals surface area contributed by atoms with Crippen molar-refractivity contribution in [1.29, 1.82) is 0 Å². The first-order valence-electron chi connectivity index (χ1n) is 6.86. The van der Waals surface area contributed by atoms with E-state index in [1.54, 1.807) is 6.92 Å². The summed E-state index contributed by atoms with van der Waals surface area (Å²) in [7, 11) is 2.37. The quantitative estimate of drug-likeness (QED) is 0.252. The predicted octanol–water partition coefficient (Wildman–Crippen LogP) is 2.61. The maximum atomic E-state index is 12.0. The molecule has 0 aliphatic carbocycles. The Morgan fingerprint density at radius 3 is 2.00 bits per heavy atom. The lowest BCUT2D eigenvalue weighted by Crippen LogP contribution is -2.32. The van der Waals surface area contributed by atoms with Gasteiger partial charge in [0.25, 0.3) is 5.69 Å². The van der Waals surface area contributed by atoms with Gasteiger partial charge in [0.2, 0.25) is 0 Å². The maximum absolute atomic E-state index is 12.0. The largest absolute Gasteiger partial charge is 0.468 e. The Hall–Kier alpha value is -2.70. The molecule has 1 aromatic carbocycles. The van der Waals surface area contributed by atoms with Crippen molar-refractivity contribution < 1.29 is 24.0 Å². The predicted molar refractivity (Wildman–Crippen MR) is 82.8 cm³/mol. The molecule has 0 radical (unpaired) electrons. The summed E-state index contributed by atoms with van der Waals surface area (Å²) in [6, 6.07) is 5.69. The SMILES string of the molecule is C=C(C)CC(c1ccc([N+](=O)[O-])cc1)C(C(=O)OC)C(=O)OC. The number of non-ortho nitro benzene ring substituents is 1. The first kappa shape index (κ1) is 18.3. The number of ether oxygens (including phenoxy) is 2. The molecule has 7 nitrogen and oxygen atoms in total. The molecule has 23 heavy (non-hydrogen) atoms. The highest BCUT2D eigenvalue weighted by Crippen LogP contribution is 2.33. The molecule has 0 bridgehead atoms. The molecule has 1 rings (SSSR count). The highest BCUT2D eigenvalue weighted by molar-refractivity contribution is 5.96. The van der Waals surface area contributed by atoms with Crippen molar-refractivity contribution in [2.24, 2.45) is 5.92 Å². The van der Waals surface area contributed by atoms with E-state index >= 15 is 0 Å². The summed E-state index contributed by atoms with van der Waals surface area (Å²) in [6.07, 6.45) is 0.340.